The number of hydrogen-bond acceptors (Lipinski definition) is 0. The Morgan fingerprint density at radius 1 is 0.733 bits per heavy atom. The summed E-state index contributed by atoms with van der Waals surface area (Å²) in [6.45, 7) is 0. The summed E-state index contributed by atoms with van der Waals surface area (Å²) in [6.07, 6.45) is -5.09. The van der Waals surface area contributed by atoms with Gasteiger partial charge in [-0.1, -0.05) is 60.0 Å². The third-order valence-corrected chi connectivity index (χ3v) is 1.34. The van der Waals surface area contributed by atoms with Crippen molar-refractivity contribution < 1.29 is 13.2 Å². The molecular formula is C12H23F3. The molecule has 0 saturated heterocycles. The molecule has 0 N–H and O–H groups in total. The van der Waals surface area contributed by atoms with Crippen molar-refractivity contribution in [1.29, 1.82) is 0 Å². The Morgan fingerprint density at radius 2 is 1.13 bits per heavy atom. The van der Waals surface area contributed by atoms with E-state index in [4.69, 9.17) is 0 Å². The summed E-state index contributed by atoms with van der Waals surface area (Å²) in [4.78, 5) is 0. The van der Waals surface area contributed by atoms with Crippen LogP contribution in [0, 0.1) is 0 Å². The molecule has 0 fully saturated rings. The predicted molar refractivity (Wildman–Crippen MR) is 63.2 cm³/mol. The zero-order valence-electron chi connectivity index (χ0n) is 5.68. The van der Waals surface area contributed by atoms with Crippen molar-refractivity contribution in [1.82, 2.24) is 0 Å². The fourth-order valence-corrected chi connectivity index (χ4v) is 0.782. The number of halogens is 3. The van der Waals surface area contributed by atoms with Gasteiger partial charge in [0.15, 0.2) is 6.17 Å². The number of rotatable bonds is 2. The van der Waals surface area contributed by atoms with Crippen LogP contribution in [-0.2, 0) is 0 Å². The predicted octanol–water partition coefficient (Wildman–Crippen LogP) is 5.51. The molecular weight excluding hydrogens is 201 g/mol. The first kappa shape index (κ1) is 23.7. The van der Waals surface area contributed by atoms with E-state index in [1.165, 1.54) is 24.3 Å². The fourth-order valence-electron chi connectivity index (χ4n) is 0.782. The van der Waals surface area contributed by atoms with Crippen molar-refractivity contribution in [2.24, 2.45) is 0 Å². The molecule has 0 aliphatic rings. The largest absolute Gasteiger partial charge is 0.273 e. The first-order valence-corrected chi connectivity index (χ1v) is 3.19. The van der Waals surface area contributed by atoms with Gasteiger partial charge in [-0.2, -0.15) is 0 Å². The summed E-state index contributed by atoms with van der Waals surface area (Å²) in [7, 11) is 0. The van der Waals surface area contributed by atoms with Gasteiger partial charge in [-0.05, 0) is 5.56 Å². The van der Waals surface area contributed by atoms with E-state index in [9.17, 15) is 13.2 Å². The van der Waals surface area contributed by atoms with Crippen molar-refractivity contribution in [3.05, 3.63) is 35.9 Å². The van der Waals surface area contributed by atoms with Crippen LogP contribution >= 0.6 is 0 Å². The van der Waals surface area contributed by atoms with E-state index in [0.29, 0.717) is 0 Å². The van der Waals surface area contributed by atoms with Crippen molar-refractivity contribution in [3.63, 3.8) is 0 Å². The molecule has 0 bridgehead atoms. The minimum absolute atomic E-state index is 0. The Kier molecular flexibility index (Phi) is 17.5. The maximum Gasteiger partial charge on any atom is 0.273 e. The average molecular weight is 224 g/mol. The summed E-state index contributed by atoms with van der Waals surface area (Å²) in [5.74, 6) is 0. The minimum atomic E-state index is -2.93. The molecule has 0 nitrogen and oxygen atoms in total. The molecule has 1 aromatic rings. The zero-order valence-corrected chi connectivity index (χ0v) is 5.68. The minimum Gasteiger partial charge on any atom is -0.236 e. The Labute approximate surface area is 92.1 Å². The highest BCUT2D eigenvalue weighted by molar-refractivity contribution is 5.17. The van der Waals surface area contributed by atoms with Crippen molar-refractivity contribution >= 4 is 0 Å². The maximum absolute atomic E-state index is 12.5. The first-order chi connectivity index (χ1) is 5.22. The van der Waals surface area contributed by atoms with Crippen LogP contribution in [0.3, 0.4) is 0 Å². The van der Waals surface area contributed by atoms with Gasteiger partial charge in [0.2, 0.25) is 0 Å². The maximum atomic E-state index is 12.5. The zero-order chi connectivity index (χ0) is 8.27. The quantitative estimate of drug-likeness (QED) is 0.621. The highest BCUT2D eigenvalue weighted by Crippen LogP contribution is 2.23. The number of alkyl halides is 3. The van der Waals surface area contributed by atoms with Gasteiger partial charge in [0.05, 0.1) is 0 Å². The Hall–Kier alpha value is -0.990. The Morgan fingerprint density at radius 3 is 1.47 bits per heavy atom. The van der Waals surface area contributed by atoms with Crippen LogP contribution in [0.1, 0.15) is 41.4 Å². The molecule has 92 valence electrons. The highest BCUT2D eigenvalue weighted by atomic mass is 19.3. The molecule has 0 amide bonds. The van der Waals surface area contributed by atoms with E-state index in [1.54, 1.807) is 6.07 Å². The van der Waals surface area contributed by atoms with Crippen LogP contribution in [0.4, 0.5) is 13.2 Å². The van der Waals surface area contributed by atoms with Crippen LogP contribution in [-0.4, -0.2) is 6.43 Å². The highest BCUT2D eigenvalue weighted by Gasteiger charge is 2.20. The van der Waals surface area contributed by atoms with Gasteiger partial charge in [0.1, 0.15) is 0 Å². The molecule has 15 heavy (non-hydrogen) atoms. The molecule has 0 aromatic heterocycles. The molecule has 0 radical (unpaired) electrons. The summed E-state index contributed by atoms with van der Waals surface area (Å²) in [5.41, 5.74) is 0.0301. The van der Waals surface area contributed by atoms with Gasteiger partial charge in [0.25, 0.3) is 6.43 Å². The lowest BCUT2D eigenvalue weighted by Gasteiger charge is -2.05. The SMILES string of the molecule is C.C.C.C.FC(F)C(F)c1ccccc1. The standard InChI is InChI=1S/C8H7F3.4CH4/c9-7(8(10)11)6-4-2-1-3-5-6;;;;/h1-5,7-8H;4*1H4. The molecule has 0 heterocycles. The molecule has 3 heteroatoms. The van der Waals surface area contributed by atoms with E-state index in [2.05, 4.69) is 0 Å². The summed E-state index contributed by atoms with van der Waals surface area (Å²) < 4.78 is 36.0. The third kappa shape index (κ3) is 7.00. The van der Waals surface area contributed by atoms with Gasteiger partial charge in [-0.15, -0.1) is 0 Å². The van der Waals surface area contributed by atoms with Gasteiger partial charge >= 0.3 is 0 Å². The average Bonchev–Trinajstić information content (AvgIpc) is 2.05. The third-order valence-electron chi connectivity index (χ3n) is 1.34. The van der Waals surface area contributed by atoms with Gasteiger partial charge in [-0.25, -0.2) is 13.2 Å². The molecule has 1 unspecified atom stereocenters. The van der Waals surface area contributed by atoms with Gasteiger partial charge < -0.3 is 0 Å². The molecule has 0 aliphatic carbocycles. The molecule has 1 atom stereocenters. The molecule has 1 aromatic carbocycles. The second-order valence-electron chi connectivity index (χ2n) is 2.15. The van der Waals surface area contributed by atoms with Crippen molar-refractivity contribution in [2.75, 3.05) is 0 Å². The summed E-state index contributed by atoms with van der Waals surface area (Å²) in [6, 6.07) is 7.41. The van der Waals surface area contributed by atoms with E-state index in [-0.39, 0.29) is 35.3 Å². The second kappa shape index (κ2) is 11.1. The lowest BCUT2D eigenvalue weighted by molar-refractivity contribution is 0.0496. The molecule has 0 aliphatic heterocycles. The molecule has 0 spiro atoms. The van der Waals surface area contributed by atoms with Crippen LogP contribution < -0.4 is 0 Å². The first-order valence-electron chi connectivity index (χ1n) is 3.19. The number of benzene rings is 1. The molecule has 0 saturated carbocycles. The topological polar surface area (TPSA) is 0 Å². The summed E-state index contributed by atoms with van der Waals surface area (Å²) in [5, 5.41) is 0. The lowest BCUT2D eigenvalue weighted by atomic mass is 10.1. The van der Waals surface area contributed by atoms with E-state index >= 15 is 0 Å². The second-order valence-corrected chi connectivity index (χ2v) is 2.15. The Bertz CT molecular complexity index is 209. The fraction of sp³-hybridized carbons (Fsp3) is 0.500. The van der Waals surface area contributed by atoms with E-state index in [1.807, 2.05) is 0 Å². The van der Waals surface area contributed by atoms with E-state index < -0.39 is 12.6 Å². The van der Waals surface area contributed by atoms with Crippen LogP contribution in [0.5, 0.6) is 0 Å². The monoisotopic (exact) mass is 224 g/mol. The van der Waals surface area contributed by atoms with Crippen molar-refractivity contribution in [3.8, 4) is 0 Å². The van der Waals surface area contributed by atoms with Gasteiger partial charge in [-0.3, -0.25) is 0 Å². The lowest BCUT2D eigenvalue weighted by Crippen LogP contribution is -2.02. The normalized spacial score (nSPS) is 9.87. The Balaban J connectivity index is -0.000000151. The van der Waals surface area contributed by atoms with Crippen LogP contribution in [0.25, 0.3) is 0 Å². The number of hydrogen-bond donors (Lipinski definition) is 0. The van der Waals surface area contributed by atoms with Gasteiger partial charge in [0, 0.05) is 0 Å². The smallest absolute Gasteiger partial charge is 0.236 e. The molecule has 1 rings (SSSR count). The van der Waals surface area contributed by atoms with Crippen LogP contribution in [0.15, 0.2) is 30.3 Å². The van der Waals surface area contributed by atoms with Crippen LogP contribution in [0.2, 0.25) is 0 Å². The van der Waals surface area contributed by atoms with Crippen molar-refractivity contribution in [2.45, 2.75) is 42.3 Å². The summed E-state index contributed by atoms with van der Waals surface area (Å²) >= 11 is 0. The van der Waals surface area contributed by atoms with E-state index in [0.717, 1.165) is 0 Å².